The van der Waals surface area contributed by atoms with E-state index in [0.717, 1.165) is 53.2 Å². The van der Waals surface area contributed by atoms with Gasteiger partial charge in [0.15, 0.2) is 0 Å². The van der Waals surface area contributed by atoms with Crippen LogP contribution >= 0.6 is 11.6 Å². The summed E-state index contributed by atoms with van der Waals surface area (Å²) in [6.45, 7) is 3.73. The lowest BCUT2D eigenvalue weighted by Crippen LogP contribution is -2.33. The van der Waals surface area contributed by atoms with Crippen LogP contribution in [0, 0.1) is 12.7 Å². The Balaban J connectivity index is 1.46. The first-order valence-electron chi connectivity index (χ1n) is 10.2. The predicted molar refractivity (Wildman–Crippen MR) is 123 cm³/mol. The average molecular weight is 442 g/mol. The van der Waals surface area contributed by atoms with Crippen molar-refractivity contribution in [2.45, 2.75) is 36.3 Å². The summed E-state index contributed by atoms with van der Waals surface area (Å²) in [5, 5.41) is 0.434. The summed E-state index contributed by atoms with van der Waals surface area (Å²) >= 11 is 5.90. The van der Waals surface area contributed by atoms with Crippen LogP contribution in [-0.2, 0) is 16.6 Å². The number of anilines is 1. The molecule has 0 saturated carbocycles. The minimum atomic E-state index is -1.09. The maximum atomic E-state index is 14.3. The lowest BCUT2D eigenvalue weighted by atomic mass is 9.88. The first-order chi connectivity index (χ1) is 14.5. The van der Waals surface area contributed by atoms with Crippen molar-refractivity contribution >= 4 is 28.1 Å². The molecule has 4 rings (SSSR count). The molecule has 3 aromatic rings. The Bertz CT molecular complexity index is 1050. The molecule has 1 aliphatic rings. The summed E-state index contributed by atoms with van der Waals surface area (Å²) in [4.78, 5) is 3.19. The van der Waals surface area contributed by atoms with Crippen LogP contribution in [0.15, 0.2) is 71.6 Å². The van der Waals surface area contributed by atoms with Gasteiger partial charge in [0.2, 0.25) is 0 Å². The molecule has 3 aromatic carbocycles. The van der Waals surface area contributed by atoms with Crippen LogP contribution < -0.4 is 4.90 Å². The van der Waals surface area contributed by atoms with Crippen LogP contribution in [0.4, 0.5) is 10.1 Å². The zero-order chi connectivity index (χ0) is 21.1. The van der Waals surface area contributed by atoms with E-state index >= 15 is 0 Å². The highest BCUT2D eigenvalue weighted by Gasteiger charge is 2.24. The number of aryl methyl sites for hydroxylation is 1. The van der Waals surface area contributed by atoms with E-state index < -0.39 is 10.8 Å². The summed E-state index contributed by atoms with van der Waals surface area (Å²) in [6, 6.07) is 21.1. The van der Waals surface area contributed by atoms with Gasteiger partial charge in [-0.1, -0.05) is 53.6 Å². The topological polar surface area (TPSA) is 20.3 Å². The third kappa shape index (κ3) is 4.76. The van der Waals surface area contributed by atoms with E-state index in [1.165, 1.54) is 6.07 Å². The second-order valence-corrected chi connectivity index (χ2v) is 9.75. The van der Waals surface area contributed by atoms with Gasteiger partial charge in [0, 0.05) is 28.7 Å². The van der Waals surface area contributed by atoms with E-state index in [9.17, 15) is 8.60 Å². The van der Waals surface area contributed by atoms with E-state index in [1.807, 2.05) is 49.4 Å². The molecule has 2 nitrogen and oxygen atoms in total. The van der Waals surface area contributed by atoms with Crippen molar-refractivity contribution in [2.24, 2.45) is 0 Å². The van der Waals surface area contributed by atoms with Gasteiger partial charge in [-0.2, -0.15) is 0 Å². The number of para-hydroxylation sites is 1. The van der Waals surface area contributed by atoms with E-state index in [1.54, 1.807) is 6.07 Å². The molecule has 1 heterocycles. The van der Waals surface area contributed by atoms with Crippen molar-refractivity contribution in [1.82, 2.24) is 0 Å². The molecule has 0 N–H and O–H groups in total. The molecule has 0 unspecified atom stereocenters. The van der Waals surface area contributed by atoms with Gasteiger partial charge < -0.3 is 4.90 Å². The number of benzene rings is 3. The van der Waals surface area contributed by atoms with E-state index in [0.29, 0.717) is 10.8 Å². The monoisotopic (exact) mass is 441 g/mol. The Kier molecular flexibility index (Phi) is 6.55. The van der Waals surface area contributed by atoms with Gasteiger partial charge in [-0.25, -0.2) is 4.39 Å². The summed E-state index contributed by atoms with van der Waals surface area (Å²) in [5.74, 6) is 0.479. The predicted octanol–water partition coefficient (Wildman–Crippen LogP) is 6.48. The number of rotatable bonds is 5. The van der Waals surface area contributed by atoms with Gasteiger partial charge >= 0.3 is 0 Å². The molecule has 0 aliphatic carbocycles. The largest absolute Gasteiger partial charge is 0.371 e. The van der Waals surface area contributed by atoms with Crippen molar-refractivity contribution in [3.8, 4) is 0 Å². The molecule has 0 radical (unpaired) electrons. The van der Waals surface area contributed by atoms with E-state index in [-0.39, 0.29) is 11.7 Å². The Labute approximate surface area is 185 Å². The summed E-state index contributed by atoms with van der Waals surface area (Å²) in [5.41, 5.74) is 4.14. The fourth-order valence-corrected chi connectivity index (χ4v) is 5.41. The minimum Gasteiger partial charge on any atom is -0.371 e. The van der Waals surface area contributed by atoms with Crippen LogP contribution in [0.1, 0.15) is 35.4 Å². The fraction of sp³-hybridized carbons (Fsp3) is 0.280. The smallest absolute Gasteiger partial charge is 0.128 e. The van der Waals surface area contributed by atoms with Crippen LogP contribution in [0.2, 0.25) is 5.02 Å². The van der Waals surface area contributed by atoms with Crippen LogP contribution in [-0.4, -0.2) is 17.3 Å². The number of hydrogen-bond acceptors (Lipinski definition) is 2. The van der Waals surface area contributed by atoms with Crippen molar-refractivity contribution in [3.05, 3.63) is 94.3 Å². The quantitative estimate of drug-likeness (QED) is 0.451. The van der Waals surface area contributed by atoms with E-state index in [2.05, 4.69) is 17.0 Å². The maximum absolute atomic E-state index is 14.3. The normalized spacial score (nSPS) is 15.9. The van der Waals surface area contributed by atoms with Gasteiger partial charge in [-0.3, -0.25) is 4.21 Å². The van der Waals surface area contributed by atoms with Gasteiger partial charge in [0.1, 0.15) is 5.82 Å². The number of halogens is 2. The molecule has 0 spiro atoms. The lowest BCUT2D eigenvalue weighted by molar-refractivity contribution is 0.481. The van der Waals surface area contributed by atoms with E-state index in [4.69, 9.17) is 11.6 Å². The van der Waals surface area contributed by atoms with Crippen LogP contribution in [0.5, 0.6) is 0 Å². The van der Waals surface area contributed by atoms with Gasteiger partial charge in [-0.15, -0.1) is 0 Å². The Morgan fingerprint density at radius 2 is 1.73 bits per heavy atom. The first-order valence-corrected chi connectivity index (χ1v) is 11.9. The molecule has 0 bridgehead atoms. The van der Waals surface area contributed by atoms with Gasteiger partial charge in [-0.05, 0) is 67.1 Å². The molecular formula is C25H25ClFNOS. The zero-order valence-electron chi connectivity index (χ0n) is 17.0. The third-order valence-electron chi connectivity index (χ3n) is 5.80. The Morgan fingerprint density at radius 3 is 2.43 bits per heavy atom. The fourth-order valence-electron chi connectivity index (χ4n) is 4.12. The molecule has 1 fully saturated rings. The first kappa shape index (κ1) is 21.1. The second kappa shape index (κ2) is 9.32. The molecule has 0 amide bonds. The molecule has 1 atom stereocenters. The summed E-state index contributed by atoms with van der Waals surface area (Å²) in [7, 11) is -1.09. The lowest BCUT2D eigenvalue weighted by Gasteiger charge is -2.35. The SMILES string of the molecule is Cc1ccc([S@@](=O)Cc2ccccc2N2CCC(c3ccc(Cl)cc3F)CC2)cc1. The summed E-state index contributed by atoms with van der Waals surface area (Å²) in [6.07, 6.45) is 1.77. The van der Waals surface area contributed by atoms with Crippen molar-refractivity contribution in [3.63, 3.8) is 0 Å². The number of piperidine rings is 1. The Morgan fingerprint density at radius 1 is 1.03 bits per heavy atom. The zero-order valence-corrected chi connectivity index (χ0v) is 18.6. The average Bonchev–Trinajstić information content (AvgIpc) is 2.75. The molecule has 0 aromatic heterocycles. The highest BCUT2D eigenvalue weighted by Crippen LogP contribution is 2.34. The third-order valence-corrected chi connectivity index (χ3v) is 7.41. The second-order valence-electron chi connectivity index (χ2n) is 7.86. The van der Waals surface area contributed by atoms with Crippen LogP contribution in [0.3, 0.4) is 0 Å². The Hall–Kier alpha value is -2.17. The van der Waals surface area contributed by atoms with Crippen molar-refractivity contribution < 1.29 is 8.60 Å². The minimum absolute atomic E-state index is 0.201. The number of hydrogen-bond donors (Lipinski definition) is 0. The van der Waals surface area contributed by atoms with Gasteiger partial charge in [0.25, 0.3) is 0 Å². The number of nitrogens with zero attached hydrogens (tertiary/aromatic N) is 1. The molecule has 156 valence electrons. The van der Waals surface area contributed by atoms with Crippen molar-refractivity contribution in [1.29, 1.82) is 0 Å². The molecular weight excluding hydrogens is 417 g/mol. The molecule has 1 saturated heterocycles. The van der Waals surface area contributed by atoms with Crippen LogP contribution in [0.25, 0.3) is 0 Å². The van der Waals surface area contributed by atoms with Gasteiger partial charge in [0.05, 0.1) is 16.6 Å². The molecule has 1 aliphatic heterocycles. The highest BCUT2D eigenvalue weighted by atomic mass is 35.5. The standard InChI is InChI=1S/C25H25ClFNOS/c1-18-6-9-22(10-7-18)30(29)17-20-4-2-3-5-25(20)28-14-12-19(13-15-28)23-11-8-21(26)16-24(23)27/h2-11,16,19H,12-15,17H2,1H3/t30-/m0/s1. The summed E-state index contributed by atoms with van der Waals surface area (Å²) < 4.78 is 27.2. The van der Waals surface area contributed by atoms with Crippen molar-refractivity contribution in [2.75, 3.05) is 18.0 Å². The molecule has 5 heteroatoms. The molecule has 30 heavy (non-hydrogen) atoms. The maximum Gasteiger partial charge on any atom is 0.128 e. The highest BCUT2D eigenvalue weighted by molar-refractivity contribution is 7.84.